The van der Waals surface area contributed by atoms with Gasteiger partial charge in [-0.3, -0.25) is 9.78 Å². The highest BCUT2D eigenvalue weighted by molar-refractivity contribution is 5.80. The number of carbonyl (C=O) groups is 1. The predicted octanol–water partition coefficient (Wildman–Crippen LogP) is 2.59. The van der Waals surface area contributed by atoms with E-state index in [0.717, 1.165) is 63.3 Å². The molecule has 154 valence electrons. The molecule has 5 rings (SSSR count). The molecule has 3 aromatic rings. The lowest BCUT2D eigenvalue weighted by molar-refractivity contribution is -0.136. The summed E-state index contributed by atoms with van der Waals surface area (Å²) in [4.78, 5) is 33.0. The molecule has 1 atom stereocenters. The molecule has 30 heavy (non-hydrogen) atoms. The number of amides is 1. The zero-order valence-electron chi connectivity index (χ0n) is 17.0. The Labute approximate surface area is 176 Å². The number of hydrogen-bond acceptors (Lipinski definition) is 6. The third kappa shape index (κ3) is 3.79. The van der Waals surface area contributed by atoms with Crippen LogP contribution in [0.3, 0.4) is 0 Å². The van der Waals surface area contributed by atoms with Gasteiger partial charge in [0.25, 0.3) is 0 Å². The second kappa shape index (κ2) is 8.26. The van der Waals surface area contributed by atoms with Crippen LogP contribution in [0.5, 0.6) is 0 Å². The van der Waals surface area contributed by atoms with Gasteiger partial charge in [-0.2, -0.15) is 0 Å². The van der Waals surface area contributed by atoms with E-state index in [0.29, 0.717) is 11.6 Å². The fourth-order valence-corrected chi connectivity index (χ4v) is 4.52. The van der Waals surface area contributed by atoms with Gasteiger partial charge in [-0.25, -0.2) is 9.97 Å². The van der Waals surface area contributed by atoms with Gasteiger partial charge in [0.05, 0.1) is 17.8 Å². The first-order valence-corrected chi connectivity index (χ1v) is 10.7. The third-order valence-corrected chi connectivity index (χ3v) is 6.16. The maximum absolute atomic E-state index is 13.2. The smallest absolute Gasteiger partial charge is 0.227 e. The Bertz CT molecular complexity index is 1020. The summed E-state index contributed by atoms with van der Waals surface area (Å²) in [5.41, 5.74) is 3.71. The standard InChI is InChI=1S/C23H26N6O/c30-23(28-13-11-27(12-14-28)19-6-2-1-3-7-19)18-5-4-10-29(17-18)20-15-21-22(26-16-20)25-9-8-24-21/h1-3,6-9,15-16,18H,4-5,10-14,17H2. The van der Waals surface area contributed by atoms with E-state index < -0.39 is 0 Å². The summed E-state index contributed by atoms with van der Waals surface area (Å²) in [5, 5.41) is 0. The van der Waals surface area contributed by atoms with E-state index in [-0.39, 0.29) is 5.92 Å². The molecular formula is C23H26N6O. The van der Waals surface area contributed by atoms with Crippen molar-refractivity contribution in [2.45, 2.75) is 12.8 Å². The predicted molar refractivity (Wildman–Crippen MR) is 118 cm³/mol. The van der Waals surface area contributed by atoms with Crippen molar-refractivity contribution in [3.63, 3.8) is 0 Å². The Morgan fingerprint density at radius 3 is 2.50 bits per heavy atom. The summed E-state index contributed by atoms with van der Waals surface area (Å²) in [7, 11) is 0. The van der Waals surface area contributed by atoms with Crippen LogP contribution in [0.2, 0.25) is 0 Å². The summed E-state index contributed by atoms with van der Waals surface area (Å²) in [5.74, 6) is 0.334. The van der Waals surface area contributed by atoms with Crippen molar-refractivity contribution in [2.24, 2.45) is 5.92 Å². The molecule has 2 aliphatic rings. The van der Waals surface area contributed by atoms with Crippen LogP contribution in [0.1, 0.15) is 12.8 Å². The highest BCUT2D eigenvalue weighted by Gasteiger charge is 2.31. The number of rotatable bonds is 3. The number of fused-ring (bicyclic) bond motifs is 1. The third-order valence-electron chi connectivity index (χ3n) is 6.16. The van der Waals surface area contributed by atoms with Gasteiger partial charge in [-0.15, -0.1) is 0 Å². The van der Waals surface area contributed by atoms with E-state index >= 15 is 0 Å². The topological polar surface area (TPSA) is 65.5 Å². The van der Waals surface area contributed by atoms with Crippen LogP contribution in [-0.2, 0) is 4.79 Å². The van der Waals surface area contributed by atoms with E-state index in [1.165, 1.54) is 5.69 Å². The van der Waals surface area contributed by atoms with Crippen molar-refractivity contribution < 1.29 is 4.79 Å². The summed E-state index contributed by atoms with van der Waals surface area (Å²) in [6.45, 7) is 5.04. The van der Waals surface area contributed by atoms with Crippen molar-refractivity contribution in [2.75, 3.05) is 49.1 Å². The number of para-hydroxylation sites is 1. The Hall–Kier alpha value is -3.22. The zero-order valence-corrected chi connectivity index (χ0v) is 17.0. The molecule has 2 aromatic heterocycles. The quantitative estimate of drug-likeness (QED) is 0.671. The number of piperazine rings is 1. The van der Waals surface area contributed by atoms with E-state index in [1.807, 2.05) is 18.3 Å². The van der Waals surface area contributed by atoms with Crippen molar-refractivity contribution in [1.29, 1.82) is 0 Å². The molecular weight excluding hydrogens is 376 g/mol. The molecule has 2 aliphatic heterocycles. The molecule has 0 bridgehead atoms. The van der Waals surface area contributed by atoms with Gasteiger partial charge in [0.1, 0.15) is 5.52 Å². The summed E-state index contributed by atoms with van der Waals surface area (Å²) in [6, 6.07) is 12.5. The molecule has 2 saturated heterocycles. The molecule has 0 saturated carbocycles. The Morgan fingerprint density at radius 1 is 0.867 bits per heavy atom. The summed E-state index contributed by atoms with van der Waals surface area (Å²) < 4.78 is 0. The minimum absolute atomic E-state index is 0.0413. The van der Waals surface area contributed by atoms with Gasteiger partial charge in [-0.05, 0) is 31.0 Å². The number of piperidine rings is 1. The highest BCUT2D eigenvalue weighted by atomic mass is 16.2. The van der Waals surface area contributed by atoms with E-state index in [1.54, 1.807) is 12.4 Å². The summed E-state index contributed by atoms with van der Waals surface area (Å²) >= 11 is 0. The molecule has 0 spiro atoms. The molecule has 1 unspecified atom stereocenters. The first kappa shape index (κ1) is 18.8. The van der Waals surface area contributed by atoms with Crippen molar-refractivity contribution in [3.05, 3.63) is 55.0 Å². The monoisotopic (exact) mass is 402 g/mol. The minimum Gasteiger partial charge on any atom is -0.369 e. The number of pyridine rings is 1. The Morgan fingerprint density at radius 2 is 1.67 bits per heavy atom. The first-order chi connectivity index (χ1) is 14.8. The van der Waals surface area contributed by atoms with Crippen LogP contribution in [0.25, 0.3) is 11.2 Å². The molecule has 1 aromatic carbocycles. The lowest BCUT2D eigenvalue weighted by Crippen LogP contribution is -2.52. The average Bonchev–Trinajstić information content (AvgIpc) is 2.84. The SMILES string of the molecule is O=C(C1CCCN(c2cnc3nccnc3c2)C1)N1CCN(c2ccccc2)CC1. The lowest BCUT2D eigenvalue weighted by Gasteiger charge is -2.40. The van der Waals surface area contributed by atoms with Crippen LogP contribution in [0, 0.1) is 5.92 Å². The van der Waals surface area contributed by atoms with Crippen molar-refractivity contribution >= 4 is 28.4 Å². The molecule has 7 nitrogen and oxygen atoms in total. The van der Waals surface area contributed by atoms with Crippen molar-refractivity contribution in [3.8, 4) is 0 Å². The maximum atomic E-state index is 13.2. The average molecular weight is 403 g/mol. The molecule has 0 radical (unpaired) electrons. The lowest BCUT2D eigenvalue weighted by atomic mass is 9.95. The second-order valence-corrected chi connectivity index (χ2v) is 8.03. The van der Waals surface area contributed by atoms with E-state index in [9.17, 15) is 4.79 Å². The van der Waals surface area contributed by atoms with Gasteiger partial charge in [0.15, 0.2) is 5.65 Å². The Balaban J connectivity index is 1.23. The minimum atomic E-state index is 0.0413. The second-order valence-electron chi connectivity index (χ2n) is 8.03. The zero-order chi connectivity index (χ0) is 20.3. The number of anilines is 2. The number of benzene rings is 1. The van der Waals surface area contributed by atoms with E-state index in [2.05, 4.69) is 53.9 Å². The number of aromatic nitrogens is 3. The van der Waals surface area contributed by atoms with Gasteiger partial charge in [-0.1, -0.05) is 18.2 Å². The number of nitrogens with zero attached hydrogens (tertiary/aromatic N) is 6. The number of hydrogen-bond donors (Lipinski definition) is 0. The van der Waals surface area contributed by atoms with Crippen LogP contribution >= 0.6 is 0 Å². The fourth-order valence-electron chi connectivity index (χ4n) is 4.52. The molecule has 2 fully saturated rings. The summed E-state index contributed by atoms with van der Waals surface area (Å²) in [6.07, 6.45) is 7.16. The van der Waals surface area contributed by atoms with Crippen LogP contribution in [0.15, 0.2) is 55.0 Å². The van der Waals surface area contributed by atoms with Gasteiger partial charge < -0.3 is 14.7 Å². The normalized spacial score (nSPS) is 19.9. The highest BCUT2D eigenvalue weighted by Crippen LogP contribution is 2.26. The molecule has 4 heterocycles. The molecule has 0 N–H and O–H groups in total. The number of carbonyl (C=O) groups excluding carboxylic acids is 1. The molecule has 7 heteroatoms. The van der Waals surface area contributed by atoms with Crippen LogP contribution in [-0.4, -0.2) is 65.0 Å². The van der Waals surface area contributed by atoms with Gasteiger partial charge >= 0.3 is 0 Å². The van der Waals surface area contributed by atoms with Gasteiger partial charge in [0.2, 0.25) is 5.91 Å². The first-order valence-electron chi connectivity index (χ1n) is 10.7. The maximum Gasteiger partial charge on any atom is 0.227 e. The fraction of sp³-hybridized carbons (Fsp3) is 0.391. The van der Waals surface area contributed by atoms with Crippen molar-refractivity contribution in [1.82, 2.24) is 19.9 Å². The van der Waals surface area contributed by atoms with Crippen LogP contribution in [0.4, 0.5) is 11.4 Å². The van der Waals surface area contributed by atoms with E-state index in [4.69, 9.17) is 0 Å². The molecule has 1 amide bonds. The molecule has 0 aliphatic carbocycles. The van der Waals surface area contributed by atoms with Gasteiger partial charge in [0, 0.05) is 57.3 Å². The Kier molecular flexibility index (Phi) is 5.17. The largest absolute Gasteiger partial charge is 0.369 e. The van der Waals surface area contributed by atoms with Crippen LogP contribution < -0.4 is 9.80 Å².